The zero-order valence-electron chi connectivity index (χ0n) is 15.2. The third-order valence-corrected chi connectivity index (χ3v) is 5.53. The summed E-state index contributed by atoms with van der Waals surface area (Å²) in [6.07, 6.45) is 3.58. The molecule has 2 atom stereocenters. The Kier molecular flexibility index (Phi) is 4.40. The molecule has 0 aliphatic carbocycles. The van der Waals surface area contributed by atoms with Crippen LogP contribution in [0.3, 0.4) is 0 Å². The van der Waals surface area contributed by atoms with Crippen LogP contribution in [0.1, 0.15) is 29.0 Å². The Morgan fingerprint density at radius 2 is 2.15 bits per heavy atom. The third-order valence-electron chi connectivity index (χ3n) is 5.53. The van der Waals surface area contributed by atoms with E-state index in [1.807, 2.05) is 39.3 Å². The first-order chi connectivity index (χ1) is 12.6. The van der Waals surface area contributed by atoms with Crippen LogP contribution in [0.25, 0.3) is 5.65 Å². The highest BCUT2D eigenvalue weighted by Gasteiger charge is 2.42. The minimum Gasteiger partial charge on any atom is -0.383 e. The summed E-state index contributed by atoms with van der Waals surface area (Å²) >= 11 is 0. The Bertz CT molecular complexity index is 846. The molecule has 7 heteroatoms. The SMILES string of the molecule is COCCN1C(=O)[C@H]2CC[C@@H]1CN(C(=O)c1cn3c(C)cccc3n1)C2. The second-order valence-corrected chi connectivity index (χ2v) is 7.18. The molecule has 0 aromatic carbocycles. The molecule has 5 heterocycles. The van der Waals surface area contributed by atoms with Gasteiger partial charge in [-0.15, -0.1) is 0 Å². The lowest BCUT2D eigenvalue weighted by Gasteiger charge is -2.35. The topological polar surface area (TPSA) is 67.2 Å². The summed E-state index contributed by atoms with van der Waals surface area (Å²) in [5.41, 5.74) is 2.24. The summed E-state index contributed by atoms with van der Waals surface area (Å²) < 4.78 is 7.07. The van der Waals surface area contributed by atoms with Gasteiger partial charge in [0.15, 0.2) is 0 Å². The highest BCUT2D eigenvalue weighted by Crippen LogP contribution is 2.29. The number of ether oxygens (including phenoxy) is 1. The van der Waals surface area contributed by atoms with Crippen molar-refractivity contribution in [1.82, 2.24) is 19.2 Å². The molecule has 3 saturated heterocycles. The summed E-state index contributed by atoms with van der Waals surface area (Å²) in [6, 6.07) is 5.89. The third kappa shape index (κ3) is 2.86. The molecular weight excluding hydrogens is 332 g/mol. The maximum Gasteiger partial charge on any atom is 0.274 e. The maximum atomic E-state index is 13.1. The molecule has 2 aromatic rings. The molecule has 2 aromatic heterocycles. The van der Waals surface area contributed by atoms with Gasteiger partial charge in [-0.3, -0.25) is 9.59 Å². The molecule has 138 valence electrons. The van der Waals surface area contributed by atoms with Gasteiger partial charge in [-0.2, -0.15) is 0 Å². The number of amides is 2. The number of nitrogens with zero attached hydrogens (tertiary/aromatic N) is 4. The average Bonchev–Trinajstić information content (AvgIpc) is 2.90. The van der Waals surface area contributed by atoms with Gasteiger partial charge in [-0.25, -0.2) is 4.98 Å². The van der Waals surface area contributed by atoms with Crippen molar-refractivity contribution in [2.45, 2.75) is 25.8 Å². The Morgan fingerprint density at radius 3 is 2.92 bits per heavy atom. The first-order valence-corrected chi connectivity index (χ1v) is 9.12. The van der Waals surface area contributed by atoms with Gasteiger partial charge in [-0.05, 0) is 31.9 Å². The van der Waals surface area contributed by atoms with E-state index in [4.69, 9.17) is 4.74 Å². The highest BCUT2D eigenvalue weighted by molar-refractivity contribution is 5.94. The smallest absolute Gasteiger partial charge is 0.274 e. The number of pyridine rings is 1. The van der Waals surface area contributed by atoms with E-state index in [-0.39, 0.29) is 23.8 Å². The number of carbonyl (C=O) groups is 2. The normalized spacial score (nSPS) is 22.9. The van der Waals surface area contributed by atoms with Crippen molar-refractivity contribution in [2.24, 2.45) is 5.92 Å². The largest absolute Gasteiger partial charge is 0.383 e. The lowest BCUT2D eigenvalue weighted by Crippen LogP contribution is -2.49. The Hall–Kier alpha value is -2.41. The second kappa shape index (κ2) is 6.72. The molecule has 3 aliphatic heterocycles. The minimum atomic E-state index is -0.117. The number of aryl methyl sites for hydroxylation is 1. The van der Waals surface area contributed by atoms with E-state index >= 15 is 0 Å². The summed E-state index contributed by atoms with van der Waals surface area (Å²) in [5, 5.41) is 0. The number of methoxy groups -OCH3 is 1. The number of piperidine rings is 1. The molecular formula is C19H24N4O3. The van der Waals surface area contributed by atoms with Crippen LogP contribution in [0.15, 0.2) is 24.4 Å². The van der Waals surface area contributed by atoms with Gasteiger partial charge >= 0.3 is 0 Å². The zero-order valence-corrected chi connectivity index (χ0v) is 15.2. The van der Waals surface area contributed by atoms with Crippen LogP contribution in [0, 0.1) is 12.8 Å². The molecule has 2 bridgehead atoms. The molecule has 3 fully saturated rings. The van der Waals surface area contributed by atoms with Crippen molar-refractivity contribution >= 4 is 17.5 Å². The van der Waals surface area contributed by atoms with Gasteiger partial charge in [-0.1, -0.05) is 6.07 Å². The van der Waals surface area contributed by atoms with E-state index in [9.17, 15) is 9.59 Å². The van der Waals surface area contributed by atoms with E-state index in [2.05, 4.69) is 4.98 Å². The second-order valence-electron chi connectivity index (χ2n) is 7.18. The van der Waals surface area contributed by atoms with E-state index < -0.39 is 0 Å². The zero-order chi connectivity index (χ0) is 18.3. The van der Waals surface area contributed by atoms with Gasteiger partial charge in [0.25, 0.3) is 5.91 Å². The van der Waals surface area contributed by atoms with E-state index in [1.54, 1.807) is 13.3 Å². The van der Waals surface area contributed by atoms with E-state index in [0.717, 1.165) is 24.2 Å². The number of aromatic nitrogens is 2. The molecule has 2 amide bonds. The molecule has 0 N–H and O–H groups in total. The molecule has 3 aliphatic rings. The van der Waals surface area contributed by atoms with E-state index in [1.165, 1.54) is 0 Å². The molecule has 0 unspecified atom stereocenters. The Balaban J connectivity index is 1.58. The predicted octanol–water partition coefficient (Wildman–Crippen LogP) is 1.35. The quantitative estimate of drug-likeness (QED) is 0.829. The molecule has 0 saturated carbocycles. The standard InChI is InChI=1S/C19H24N4O3/c1-13-4-3-5-17-20-16(12-23(13)17)19(25)21-10-14-6-7-15(11-21)22(18(14)24)8-9-26-2/h3-5,12,14-15H,6-11H2,1-2H3/t14-,15+/m0/s1. The van der Waals surface area contributed by atoms with Crippen molar-refractivity contribution in [3.63, 3.8) is 0 Å². The van der Waals surface area contributed by atoms with Crippen molar-refractivity contribution in [1.29, 1.82) is 0 Å². The van der Waals surface area contributed by atoms with Gasteiger partial charge in [0.05, 0.1) is 12.5 Å². The van der Waals surface area contributed by atoms with Gasteiger partial charge in [0, 0.05) is 44.7 Å². The molecule has 26 heavy (non-hydrogen) atoms. The summed E-state index contributed by atoms with van der Waals surface area (Å²) in [4.78, 5) is 34.0. The number of carbonyl (C=O) groups excluding carboxylic acids is 2. The first-order valence-electron chi connectivity index (χ1n) is 9.12. The molecule has 5 rings (SSSR count). The monoisotopic (exact) mass is 356 g/mol. The first kappa shape index (κ1) is 17.0. The van der Waals surface area contributed by atoms with Crippen LogP contribution < -0.4 is 0 Å². The number of imidazole rings is 1. The van der Waals surface area contributed by atoms with Crippen LogP contribution in [-0.4, -0.2) is 70.4 Å². The van der Waals surface area contributed by atoms with Crippen LogP contribution in [0.5, 0.6) is 0 Å². The van der Waals surface area contributed by atoms with Crippen LogP contribution in [0.2, 0.25) is 0 Å². The van der Waals surface area contributed by atoms with Crippen LogP contribution in [0.4, 0.5) is 0 Å². The summed E-state index contributed by atoms with van der Waals surface area (Å²) in [7, 11) is 1.64. The van der Waals surface area contributed by atoms with E-state index in [0.29, 0.717) is 31.9 Å². The highest BCUT2D eigenvalue weighted by atomic mass is 16.5. The number of hydrogen-bond donors (Lipinski definition) is 0. The Morgan fingerprint density at radius 1 is 1.31 bits per heavy atom. The van der Waals surface area contributed by atoms with Crippen molar-refractivity contribution in [2.75, 3.05) is 33.4 Å². The molecule has 0 spiro atoms. The average molecular weight is 356 g/mol. The summed E-state index contributed by atoms with van der Waals surface area (Å²) in [5.74, 6) is -0.0563. The number of hydrogen-bond acceptors (Lipinski definition) is 4. The van der Waals surface area contributed by atoms with Gasteiger partial charge in [0.1, 0.15) is 11.3 Å². The fraction of sp³-hybridized carbons (Fsp3) is 0.526. The van der Waals surface area contributed by atoms with Crippen molar-refractivity contribution < 1.29 is 14.3 Å². The lowest BCUT2D eigenvalue weighted by molar-refractivity contribution is -0.140. The lowest BCUT2D eigenvalue weighted by atomic mass is 9.94. The van der Waals surface area contributed by atoms with Crippen molar-refractivity contribution in [3.8, 4) is 0 Å². The molecule has 7 nitrogen and oxygen atoms in total. The molecule has 0 radical (unpaired) electrons. The fourth-order valence-corrected chi connectivity index (χ4v) is 4.10. The van der Waals surface area contributed by atoms with Crippen LogP contribution in [-0.2, 0) is 9.53 Å². The van der Waals surface area contributed by atoms with Crippen molar-refractivity contribution in [3.05, 3.63) is 35.8 Å². The number of fused-ring (bicyclic) bond motifs is 5. The maximum absolute atomic E-state index is 13.1. The van der Waals surface area contributed by atoms with Crippen LogP contribution >= 0.6 is 0 Å². The number of rotatable bonds is 4. The predicted molar refractivity (Wildman–Crippen MR) is 95.9 cm³/mol. The fourth-order valence-electron chi connectivity index (χ4n) is 4.10. The minimum absolute atomic E-state index is 0.0686. The van der Waals surface area contributed by atoms with Gasteiger partial charge < -0.3 is 18.9 Å². The van der Waals surface area contributed by atoms with Gasteiger partial charge in [0.2, 0.25) is 5.91 Å². The Labute approximate surface area is 152 Å². The summed E-state index contributed by atoms with van der Waals surface area (Å²) in [6.45, 7) is 4.14.